The third kappa shape index (κ3) is 4.44. The minimum Gasteiger partial charge on any atom is -0.454 e. The molecule has 1 fully saturated rings. The van der Waals surface area contributed by atoms with E-state index in [-0.39, 0.29) is 18.0 Å². The first kappa shape index (κ1) is 21.4. The van der Waals surface area contributed by atoms with Gasteiger partial charge in [-0.2, -0.15) is 0 Å². The van der Waals surface area contributed by atoms with Gasteiger partial charge in [0.15, 0.2) is 0 Å². The van der Waals surface area contributed by atoms with E-state index in [0.29, 0.717) is 6.42 Å². The van der Waals surface area contributed by atoms with Crippen LogP contribution in [0, 0.1) is 0 Å². The molecular formula is C25H31N3O3. The van der Waals surface area contributed by atoms with Gasteiger partial charge >= 0.3 is 5.97 Å². The van der Waals surface area contributed by atoms with E-state index in [1.807, 2.05) is 56.3 Å². The Morgan fingerprint density at radius 2 is 1.74 bits per heavy atom. The van der Waals surface area contributed by atoms with Crippen LogP contribution in [0.15, 0.2) is 54.6 Å². The number of esters is 1. The molecule has 164 valence electrons. The molecule has 6 nitrogen and oxygen atoms in total. The lowest BCUT2D eigenvalue weighted by atomic mass is 9.84. The van der Waals surface area contributed by atoms with E-state index in [4.69, 9.17) is 4.74 Å². The highest BCUT2D eigenvalue weighted by atomic mass is 16.6. The Bertz CT molecular complexity index is 923. The first-order valence-corrected chi connectivity index (χ1v) is 11.2. The van der Waals surface area contributed by atoms with Crippen molar-refractivity contribution in [3.8, 4) is 0 Å². The second-order valence-corrected chi connectivity index (χ2v) is 8.39. The number of anilines is 1. The van der Waals surface area contributed by atoms with Gasteiger partial charge in [-0.05, 0) is 24.6 Å². The summed E-state index contributed by atoms with van der Waals surface area (Å²) in [5.74, 6) is -0.158. The average Bonchev–Trinajstić information content (AvgIpc) is 2.80. The molecule has 1 atom stereocenters. The molecule has 1 saturated heterocycles. The van der Waals surface area contributed by atoms with Crippen molar-refractivity contribution in [2.45, 2.75) is 44.9 Å². The lowest BCUT2D eigenvalue weighted by Gasteiger charge is -2.43. The van der Waals surface area contributed by atoms with Crippen molar-refractivity contribution in [3.05, 3.63) is 65.7 Å². The second-order valence-electron chi connectivity index (χ2n) is 8.39. The fourth-order valence-corrected chi connectivity index (χ4v) is 4.65. The predicted octanol–water partition coefficient (Wildman–Crippen LogP) is 3.53. The number of likely N-dealkylation sites (tertiary alicyclic amines) is 1. The summed E-state index contributed by atoms with van der Waals surface area (Å²) in [7, 11) is 0. The molecular weight excluding hydrogens is 390 g/mol. The molecule has 0 aromatic heterocycles. The van der Waals surface area contributed by atoms with Crippen LogP contribution in [-0.4, -0.2) is 49.1 Å². The smallest absolute Gasteiger partial charge is 0.306 e. The number of carbonyl (C=O) groups excluding carboxylic acids is 2. The van der Waals surface area contributed by atoms with Crippen LogP contribution in [0.4, 0.5) is 5.69 Å². The van der Waals surface area contributed by atoms with Crippen molar-refractivity contribution in [1.82, 2.24) is 10.2 Å². The van der Waals surface area contributed by atoms with Crippen molar-refractivity contribution in [1.29, 1.82) is 0 Å². The maximum atomic E-state index is 12.3. The average molecular weight is 422 g/mol. The zero-order valence-electron chi connectivity index (χ0n) is 18.3. The van der Waals surface area contributed by atoms with Crippen LogP contribution < -0.4 is 10.2 Å². The highest BCUT2D eigenvalue weighted by molar-refractivity contribution is 6.01. The highest BCUT2D eigenvalue weighted by Gasteiger charge is 2.39. The lowest BCUT2D eigenvalue weighted by molar-refractivity contribution is -0.166. The van der Waals surface area contributed by atoms with E-state index < -0.39 is 5.60 Å². The quantitative estimate of drug-likeness (QED) is 0.723. The van der Waals surface area contributed by atoms with E-state index in [9.17, 15) is 9.59 Å². The summed E-state index contributed by atoms with van der Waals surface area (Å²) in [5.41, 5.74) is 2.27. The van der Waals surface area contributed by atoms with Gasteiger partial charge in [-0.15, -0.1) is 0 Å². The molecule has 4 rings (SSSR count). The van der Waals surface area contributed by atoms with Gasteiger partial charge in [-0.25, -0.2) is 0 Å². The van der Waals surface area contributed by atoms with Crippen molar-refractivity contribution < 1.29 is 14.3 Å². The number of nitrogens with one attached hydrogen (secondary N) is 1. The Hall–Kier alpha value is -2.86. The number of para-hydroxylation sites is 1. The Morgan fingerprint density at radius 3 is 2.45 bits per heavy atom. The number of fused-ring (bicyclic) bond motifs is 1. The molecule has 1 amide bonds. The highest BCUT2D eigenvalue weighted by Crippen LogP contribution is 2.37. The van der Waals surface area contributed by atoms with E-state index in [1.165, 1.54) is 0 Å². The molecule has 0 aliphatic carbocycles. The number of ether oxygens (including phenoxy) is 1. The molecule has 2 aromatic carbocycles. The van der Waals surface area contributed by atoms with Gasteiger partial charge in [0.25, 0.3) is 5.91 Å². The molecule has 1 N–H and O–H groups in total. The van der Waals surface area contributed by atoms with E-state index in [2.05, 4.69) is 27.2 Å². The Kier molecular flexibility index (Phi) is 6.28. The molecule has 2 aliphatic rings. The van der Waals surface area contributed by atoms with Crippen molar-refractivity contribution >= 4 is 17.6 Å². The van der Waals surface area contributed by atoms with Gasteiger partial charge in [0, 0.05) is 45.4 Å². The van der Waals surface area contributed by atoms with Crippen LogP contribution in [-0.2, 0) is 15.1 Å². The molecule has 0 spiro atoms. The zero-order chi connectivity index (χ0) is 21.8. The second kappa shape index (κ2) is 9.10. The number of amides is 1. The number of carbonyl (C=O) groups is 2. The molecule has 2 aromatic rings. The zero-order valence-corrected chi connectivity index (χ0v) is 18.3. The maximum absolute atomic E-state index is 12.3. The third-order valence-electron chi connectivity index (χ3n) is 6.48. The fraction of sp³-hybridized carbons (Fsp3) is 0.440. The largest absolute Gasteiger partial charge is 0.454 e. The van der Waals surface area contributed by atoms with E-state index in [1.54, 1.807) is 0 Å². The number of benzene rings is 2. The molecule has 1 unspecified atom stereocenters. The summed E-state index contributed by atoms with van der Waals surface area (Å²) in [5, 5.41) is 3.05. The number of nitrogens with zero attached hydrogens (tertiary/aromatic N) is 2. The molecule has 0 radical (unpaired) electrons. The summed E-state index contributed by atoms with van der Waals surface area (Å²) >= 11 is 0. The number of piperidine rings is 1. The summed E-state index contributed by atoms with van der Waals surface area (Å²) in [6, 6.07) is 17.9. The van der Waals surface area contributed by atoms with Crippen LogP contribution in [0.3, 0.4) is 0 Å². The van der Waals surface area contributed by atoms with Gasteiger partial charge in [-0.1, -0.05) is 49.4 Å². The van der Waals surface area contributed by atoms with Crippen LogP contribution in [0.25, 0.3) is 0 Å². The van der Waals surface area contributed by atoms with Gasteiger partial charge in [0.05, 0.1) is 17.4 Å². The predicted molar refractivity (Wildman–Crippen MR) is 121 cm³/mol. The van der Waals surface area contributed by atoms with Crippen LogP contribution >= 0.6 is 0 Å². The van der Waals surface area contributed by atoms with Crippen molar-refractivity contribution in [3.63, 3.8) is 0 Å². The first-order chi connectivity index (χ1) is 15.0. The van der Waals surface area contributed by atoms with Gasteiger partial charge in [0.1, 0.15) is 5.60 Å². The molecule has 6 heteroatoms. The lowest BCUT2D eigenvalue weighted by Crippen LogP contribution is -2.54. The summed E-state index contributed by atoms with van der Waals surface area (Å²) in [4.78, 5) is 29.1. The summed E-state index contributed by atoms with van der Waals surface area (Å²) in [6.45, 7) is 7.30. The summed E-state index contributed by atoms with van der Waals surface area (Å²) < 4.78 is 6.01. The Morgan fingerprint density at radius 1 is 1.06 bits per heavy atom. The van der Waals surface area contributed by atoms with Gasteiger partial charge in [0.2, 0.25) is 0 Å². The molecule has 0 saturated carbocycles. The minimum atomic E-state index is -0.538. The molecule has 31 heavy (non-hydrogen) atoms. The normalized spacial score (nSPS) is 20.6. The fourth-order valence-electron chi connectivity index (χ4n) is 4.65. The molecule has 2 heterocycles. The third-order valence-corrected chi connectivity index (χ3v) is 6.48. The van der Waals surface area contributed by atoms with Crippen LogP contribution in [0.2, 0.25) is 0 Å². The van der Waals surface area contributed by atoms with E-state index >= 15 is 0 Å². The number of rotatable bonds is 6. The molecule has 2 aliphatic heterocycles. The van der Waals surface area contributed by atoms with Crippen molar-refractivity contribution in [2.24, 2.45) is 0 Å². The van der Waals surface area contributed by atoms with Gasteiger partial charge < -0.3 is 19.9 Å². The first-order valence-electron chi connectivity index (χ1n) is 11.2. The van der Waals surface area contributed by atoms with Crippen molar-refractivity contribution in [2.75, 3.05) is 31.1 Å². The molecule has 0 bridgehead atoms. The van der Waals surface area contributed by atoms with Gasteiger partial charge in [-0.3, -0.25) is 9.59 Å². The SMILES string of the molecule is CCC(=O)OC1(c2ccccc2)CCN(CCN2c3ccccc3C(=O)NC2C)CC1. The monoisotopic (exact) mass is 421 g/mol. The van der Waals surface area contributed by atoms with E-state index in [0.717, 1.165) is 55.8 Å². The van der Waals surface area contributed by atoms with Crippen LogP contribution in [0.5, 0.6) is 0 Å². The maximum Gasteiger partial charge on any atom is 0.306 e. The standard InChI is InChI=1S/C25H31N3O3/c1-3-23(29)31-25(20-9-5-4-6-10-20)13-15-27(16-14-25)17-18-28-19(2)26-24(30)21-11-7-8-12-22(21)28/h4-12,19H,3,13-18H2,1-2H3,(H,26,30). The summed E-state index contributed by atoms with van der Waals surface area (Å²) in [6.07, 6.45) is 1.91. The minimum absolute atomic E-state index is 0.0114. The number of hydrogen-bond donors (Lipinski definition) is 1. The Balaban J connectivity index is 1.42. The number of hydrogen-bond acceptors (Lipinski definition) is 5. The van der Waals surface area contributed by atoms with Crippen LogP contribution in [0.1, 0.15) is 49.0 Å². The topological polar surface area (TPSA) is 61.9 Å². The Labute approximate surface area is 184 Å².